The number of hydrogen-bond donors (Lipinski definition) is 1. The second kappa shape index (κ2) is 7.08. The monoisotopic (exact) mass is 365 g/mol. The van der Waals surface area contributed by atoms with Gasteiger partial charge < -0.3 is 4.52 Å². The third-order valence-corrected chi connectivity index (χ3v) is 4.81. The van der Waals surface area contributed by atoms with Gasteiger partial charge in [-0.25, -0.2) is 21.9 Å². The fourth-order valence-corrected chi connectivity index (χ4v) is 3.13. The first-order valence-electron chi connectivity index (χ1n) is 7.28. The highest BCUT2D eigenvalue weighted by molar-refractivity contribution is 7.89. The molecule has 6 nitrogen and oxygen atoms in total. The summed E-state index contributed by atoms with van der Waals surface area (Å²) in [5, 5.41) is 3.69. The van der Waals surface area contributed by atoms with Crippen molar-refractivity contribution in [3.8, 4) is 11.4 Å². The van der Waals surface area contributed by atoms with Crippen molar-refractivity contribution in [3.05, 3.63) is 66.1 Å². The van der Waals surface area contributed by atoms with E-state index in [1.165, 1.54) is 24.3 Å². The van der Waals surface area contributed by atoms with E-state index in [0.29, 0.717) is 0 Å². The molecule has 1 N–H and O–H groups in total. The molecular weight excluding hydrogens is 352 g/mol. The molecule has 0 saturated carbocycles. The van der Waals surface area contributed by atoms with E-state index in [2.05, 4.69) is 14.9 Å². The summed E-state index contributed by atoms with van der Waals surface area (Å²) < 4.78 is 58.0. The zero-order valence-electron chi connectivity index (χ0n) is 12.8. The molecule has 0 aliphatic carbocycles. The van der Waals surface area contributed by atoms with E-state index in [0.717, 1.165) is 12.1 Å². The van der Waals surface area contributed by atoms with Crippen LogP contribution in [-0.4, -0.2) is 25.1 Å². The summed E-state index contributed by atoms with van der Waals surface area (Å²) in [6.45, 7) is -0.00137. The van der Waals surface area contributed by atoms with E-state index in [1.807, 2.05) is 0 Å². The first kappa shape index (κ1) is 17.2. The van der Waals surface area contributed by atoms with Gasteiger partial charge in [0.1, 0.15) is 11.6 Å². The maximum Gasteiger partial charge on any atom is 0.240 e. The molecule has 130 valence electrons. The molecular formula is C16H13F2N3O3S. The SMILES string of the molecule is O=S(=O)(NCCc1nc(-c2ccccc2F)no1)c1ccc(F)cc1. The van der Waals surface area contributed by atoms with E-state index >= 15 is 0 Å². The van der Waals surface area contributed by atoms with Crippen LogP contribution in [0.4, 0.5) is 8.78 Å². The van der Waals surface area contributed by atoms with Crippen molar-refractivity contribution in [2.75, 3.05) is 6.54 Å². The van der Waals surface area contributed by atoms with Gasteiger partial charge in [-0.3, -0.25) is 0 Å². The van der Waals surface area contributed by atoms with Gasteiger partial charge >= 0.3 is 0 Å². The number of nitrogens with one attached hydrogen (secondary N) is 1. The van der Waals surface area contributed by atoms with Crippen LogP contribution in [0.1, 0.15) is 5.89 Å². The van der Waals surface area contributed by atoms with Gasteiger partial charge in [-0.05, 0) is 36.4 Å². The molecule has 0 spiro atoms. The van der Waals surface area contributed by atoms with E-state index in [1.54, 1.807) is 12.1 Å². The van der Waals surface area contributed by atoms with Gasteiger partial charge in [-0.15, -0.1) is 0 Å². The highest BCUT2D eigenvalue weighted by Gasteiger charge is 2.15. The van der Waals surface area contributed by atoms with Gasteiger partial charge in [0.25, 0.3) is 0 Å². The zero-order chi connectivity index (χ0) is 17.9. The minimum absolute atomic E-state index is 0.00137. The number of nitrogens with zero attached hydrogens (tertiary/aromatic N) is 2. The molecule has 0 aliphatic heterocycles. The van der Waals surface area contributed by atoms with Gasteiger partial charge in [0.15, 0.2) is 0 Å². The van der Waals surface area contributed by atoms with Crippen LogP contribution in [-0.2, 0) is 16.4 Å². The predicted octanol–water partition coefficient (Wildman–Crippen LogP) is 2.54. The molecule has 0 unspecified atom stereocenters. The Labute approximate surface area is 142 Å². The summed E-state index contributed by atoms with van der Waals surface area (Å²) in [4.78, 5) is 3.99. The third-order valence-electron chi connectivity index (χ3n) is 3.34. The Morgan fingerprint density at radius 1 is 1.04 bits per heavy atom. The smallest absolute Gasteiger partial charge is 0.240 e. The van der Waals surface area contributed by atoms with Crippen molar-refractivity contribution in [1.29, 1.82) is 0 Å². The molecule has 0 bridgehead atoms. The van der Waals surface area contributed by atoms with E-state index in [9.17, 15) is 17.2 Å². The maximum absolute atomic E-state index is 13.7. The number of aromatic nitrogens is 2. The van der Waals surface area contributed by atoms with Crippen LogP contribution < -0.4 is 4.72 Å². The quantitative estimate of drug-likeness (QED) is 0.726. The van der Waals surface area contributed by atoms with Gasteiger partial charge in [-0.1, -0.05) is 17.3 Å². The zero-order valence-corrected chi connectivity index (χ0v) is 13.6. The summed E-state index contributed by atoms with van der Waals surface area (Å²) in [5.41, 5.74) is 0.199. The fourth-order valence-electron chi connectivity index (χ4n) is 2.10. The second-order valence-corrected chi connectivity index (χ2v) is 6.86. The predicted molar refractivity (Wildman–Crippen MR) is 85.0 cm³/mol. The van der Waals surface area contributed by atoms with E-state index < -0.39 is 21.7 Å². The third kappa shape index (κ3) is 4.06. The number of sulfonamides is 1. The molecule has 3 rings (SSSR count). The van der Waals surface area contributed by atoms with E-state index in [-0.39, 0.29) is 35.1 Å². The molecule has 0 radical (unpaired) electrons. The van der Waals surface area contributed by atoms with Crippen LogP contribution in [0.3, 0.4) is 0 Å². The standard InChI is InChI=1S/C16H13F2N3O3S/c17-11-5-7-12(8-6-11)25(22,23)19-10-9-15-20-16(21-24-15)13-3-1-2-4-14(13)18/h1-8,19H,9-10H2. The summed E-state index contributed by atoms with van der Waals surface area (Å²) >= 11 is 0. The Morgan fingerprint density at radius 3 is 2.48 bits per heavy atom. The largest absolute Gasteiger partial charge is 0.339 e. The average molecular weight is 365 g/mol. The number of benzene rings is 2. The Morgan fingerprint density at radius 2 is 1.76 bits per heavy atom. The lowest BCUT2D eigenvalue weighted by molar-refractivity contribution is 0.378. The molecule has 2 aromatic carbocycles. The lowest BCUT2D eigenvalue weighted by atomic mass is 10.2. The normalized spacial score (nSPS) is 11.6. The highest BCUT2D eigenvalue weighted by Crippen LogP contribution is 2.19. The van der Waals surface area contributed by atoms with Gasteiger partial charge in [0.05, 0.1) is 10.5 Å². The first-order valence-corrected chi connectivity index (χ1v) is 8.77. The van der Waals surface area contributed by atoms with Crippen LogP contribution in [0.5, 0.6) is 0 Å². The van der Waals surface area contributed by atoms with Crippen molar-refractivity contribution in [2.45, 2.75) is 11.3 Å². The molecule has 25 heavy (non-hydrogen) atoms. The number of hydrogen-bond acceptors (Lipinski definition) is 5. The first-order chi connectivity index (χ1) is 12.0. The van der Waals surface area contributed by atoms with Gasteiger partial charge in [0, 0.05) is 13.0 Å². The number of rotatable bonds is 6. The average Bonchev–Trinajstić information content (AvgIpc) is 3.04. The fraction of sp³-hybridized carbons (Fsp3) is 0.125. The minimum Gasteiger partial charge on any atom is -0.339 e. The molecule has 1 heterocycles. The van der Waals surface area contributed by atoms with Crippen LogP contribution in [0.25, 0.3) is 11.4 Å². The van der Waals surface area contributed by atoms with Crippen LogP contribution in [0.2, 0.25) is 0 Å². The summed E-state index contributed by atoms with van der Waals surface area (Å²) in [6, 6.07) is 10.4. The molecule has 0 aliphatic rings. The lowest BCUT2D eigenvalue weighted by Crippen LogP contribution is -2.26. The topological polar surface area (TPSA) is 85.1 Å². The second-order valence-electron chi connectivity index (χ2n) is 5.09. The van der Waals surface area contributed by atoms with Crippen molar-refractivity contribution in [2.24, 2.45) is 0 Å². The molecule has 0 fully saturated rings. The molecule has 0 saturated heterocycles. The summed E-state index contributed by atoms with van der Waals surface area (Å²) in [7, 11) is -3.77. The van der Waals surface area contributed by atoms with Gasteiger partial charge in [0.2, 0.25) is 21.7 Å². The van der Waals surface area contributed by atoms with Crippen molar-refractivity contribution < 1.29 is 21.7 Å². The molecule has 0 amide bonds. The van der Waals surface area contributed by atoms with Gasteiger partial charge in [-0.2, -0.15) is 4.98 Å². The summed E-state index contributed by atoms with van der Waals surface area (Å²) in [5.74, 6) is -0.744. The molecule has 0 atom stereocenters. The maximum atomic E-state index is 13.7. The van der Waals surface area contributed by atoms with E-state index in [4.69, 9.17) is 4.52 Å². The van der Waals surface area contributed by atoms with Crippen LogP contribution in [0.15, 0.2) is 57.9 Å². The highest BCUT2D eigenvalue weighted by atomic mass is 32.2. The van der Waals surface area contributed by atoms with Crippen LogP contribution >= 0.6 is 0 Å². The molecule has 3 aromatic rings. The Bertz CT molecular complexity index is 972. The molecule has 9 heteroatoms. The van der Waals surface area contributed by atoms with Crippen LogP contribution in [0, 0.1) is 11.6 Å². The van der Waals surface area contributed by atoms with Crippen molar-refractivity contribution >= 4 is 10.0 Å². The van der Waals surface area contributed by atoms with Crippen molar-refractivity contribution in [1.82, 2.24) is 14.9 Å². The minimum atomic E-state index is -3.77. The Kier molecular flexibility index (Phi) is 4.86. The number of halogens is 2. The van der Waals surface area contributed by atoms with Crippen molar-refractivity contribution in [3.63, 3.8) is 0 Å². The Hall–Kier alpha value is -2.65. The lowest BCUT2D eigenvalue weighted by Gasteiger charge is -2.05. The molecule has 1 aromatic heterocycles. The Balaban J connectivity index is 1.63. The summed E-state index contributed by atoms with van der Waals surface area (Å²) in [6.07, 6.45) is 0.127.